The number of amides is 1. The molecule has 0 radical (unpaired) electrons. The van der Waals surface area contributed by atoms with Crippen molar-refractivity contribution in [3.63, 3.8) is 0 Å². The van der Waals surface area contributed by atoms with Crippen molar-refractivity contribution in [2.45, 2.75) is 89.2 Å². The molecule has 9 atom stereocenters. The predicted molar refractivity (Wildman–Crippen MR) is 117 cm³/mol. The number of hydrogen-bond acceptors (Lipinski definition) is 9. The molecule has 1 amide bonds. The fourth-order valence-corrected chi connectivity index (χ4v) is 5.13. The average molecular weight is 474 g/mol. The molecule has 10 heteroatoms. The van der Waals surface area contributed by atoms with Crippen molar-refractivity contribution in [3.05, 3.63) is 12.2 Å². The molecule has 3 rings (SSSR count). The van der Waals surface area contributed by atoms with E-state index >= 15 is 0 Å². The van der Waals surface area contributed by atoms with Crippen LogP contribution < -0.4 is 5.32 Å². The van der Waals surface area contributed by atoms with Crippen LogP contribution in [0.5, 0.6) is 0 Å². The minimum Gasteiger partial charge on any atom is -0.396 e. The highest BCUT2D eigenvalue weighted by Gasteiger charge is 2.56. The van der Waals surface area contributed by atoms with Crippen LogP contribution in [0.15, 0.2) is 12.2 Å². The lowest BCUT2D eigenvalue weighted by molar-refractivity contribution is -0.331. The Bertz CT molecular complexity index is 716. The van der Waals surface area contributed by atoms with Gasteiger partial charge in [0, 0.05) is 38.6 Å². The molecule has 0 bridgehead atoms. The van der Waals surface area contributed by atoms with Crippen LogP contribution in [-0.2, 0) is 33.2 Å². The lowest BCUT2D eigenvalue weighted by atomic mass is 9.73. The molecule has 3 fully saturated rings. The van der Waals surface area contributed by atoms with E-state index in [-0.39, 0.29) is 44.1 Å². The first-order valence-electron chi connectivity index (χ1n) is 11.4. The first-order valence-corrected chi connectivity index (χ1v) is 11.4. The molecule has 0 aromatic heterocycles. The van der Waals surface area contributed by atoms with E-state index in [0.29, 0.717) is 6.42 Å². The van der Waals surface area contributed by atoms with Gasteiger partial charge in [-0.05, 0) is 13.3 Å². The smallest absolute Gasteiger partial charge is 0.256 e. The number of ether oxygens (including phenoxy) is 6. The topological polar surface area (TPSA) is 125 Å². The summed E-state index contributed by atoms with van der Waals surface area (Å²) in [5.74, 6) is -2.21. The molecule has 33 heavy (non-hydrogen) atoms. The van der Waals surface area contributed by atoms with Crippen LogP contribution in [0.1, 0.15) is 40.5 Å². The van der Waals surface area contributed by atoms with E-state index in [9.17, 15) is 15.0 Å². The summed E-state index contributed by atoms with van der Waals surface area (Å²) in [4.78, 5) is 13.1. The average Bonchev–Trinajstić information content (AvgIpc) is 2.77. The highest BCUT2D eigenvalue weighted by atomic mass is 16.7. The van der Waals surface area contributed by atoms with Gasteiger partial charge in [0.25, 0.3) is 5.91 Å². The Morgan fingerprint density at radius 1 is 1.27 bits per heavy atom. The summed E-state index contributed by atoms with van der Waals surface area (Å²) in [7, 11) is 2.99. The number of aliphatic hydroxyl groups is 2. The summed E-state index contributed by atoms with van der Waals surface area (Å²) in [5, 5.41) is 23.2. The lowest BCUT2D eigenvalue weighted by Gasteiger charge is -2.54. The molecular weight excluding hydrogens is 434 g/mol. The van der Waals surface area contributed by atoms with E-state index in [4.69, 9.17) is 28.4 Å². The maximum Gasteiger partial charge on any atom is 0.256 e. The first-order chi connectivity index (χ1) is 15.5. The predicted octanol–water partition coefficient (Wildman–Crippen LogP) is 0.697. The van der Waals surface area contributed by atoms with Crippen molar-refractivity contribution >= 4 is 5.91 Å². The second kappa shape index (κ2) is 10.2. The van der Waals surface area contributed by atoms with Gasteiger partial charge in [-0.3, -0.25) is 4.79 Å². The Morgan fingerprint density at radius 2 is 1.97 bits per heavy atom. The third-order valence-electron chi connectivity index (χ3n) is 7.46. The van der Waals surface area contributed by atoms with E-state index in [2.05, 4.69) is 11.9 Å². The summed E-state index contributed by atoms with van der Waals surface area (Å²) in [5.41, 5.74) is 0.380. The fourth-order valence-electron chi connectivity index (χ4n) is 5.13. The third kappa shape index (κ3) is 4.85. The van der Waals surface area contributed by atoms with Crippen LogP contribution in [-0.4, -0.2) is 92.4 Å². The van der Waals surface area contributed by atoms with E-state index < -0.39 is 41.6 Å². The summed E-state index contributed by atoms with van der Waals surface area (Å²) in [6.07, 6.45) is -4.20. The van der Waals surface area contributed by atoms with Gasteiger partial charge >= 0.3 is 0 Å². The van der Waals surface area contributed by atoms with Gasteiger partial charge in [-0.2, -0.15) is 0 Å². The van der Waals surface area contributed by atoms with E-state index in [0.717, 1.165) is 5.57 Å². The third-order valence-corrected chi connectivity index (χ3v) is 7.46. The number of nitrogens with one attached hydrogen (secondary N) is 1. The molecular formula is C23H39NO9. The number of aliphatic hydroxyl groups excluding tert-OH is 2. The molecule has 10 nitrogen and oxygen atoms in total. The maximum atomic E-state index is 13.1. The van der Waals surface area contributed by atoms with Gasteiger partial charge in [-0.25, -0.2) is 0 Å². The molecule has 3 heterocycles. The Hall–Kier alpha value is -1.11. The highest BCUT2D eigenvalue weighted by Crippen LogP contribution is 2.43. The zero-order valence-corrected chi connectivity index (χ0v) is 20.4. The molecule has 3 N–H and O–H groups in total. The fraction of sp³-hybridized carbons (Fsp3) is 0.870. The van der Waals surface area contributed by atoms with Crippen LogP contribution in [0.25, 0.3) is 0 Å². The van der Waals surface area contributed by atoms with Crippen LogP contribution in [0.2, 0.25) is 0 Å². The monoisotopic (exact) mass is 473 g/mol. The zero-order chi connectivity index (χ0) is 24.6. The Balaban J connectivity index is 1.78. The second-order valence-electron chi connectivity index (χ2n) is 9.79. The number of hydrogen-bond donors (Lipinski definition) is 3. The van der Waals surface area contributed by atoms with Gasteiger partial charge in [0.15, 0.2) is 12.3 Å². The first kappa shape index (κ1) is 26.5. The Labute approximate surface area is 195 Å². The van der Waals surface area contributed by atoms with E-state index in [1.807, 2.05) is 27.7 Å². The number of rotatable bonds is 7. The standard InChI is InChI=1S/C23H39NO9/c1-12-10-23(29-7,33-14(3)13(12)2)18(26)20(27)24-21-17-16(30-11-31-21)19(28-6)22(4,5)15(32-17)8-9-25/h13-19,21,25-26H,1,8-11H2,2-7H3,(H,24,27)/t13-,14-,15-,16+,17+,18-,19-,21+,23-/m1/s1. The molecule has 0 spiro atoms. The minimum atomic E-state index is -1.63. The molecule has 3 aliphatic rings. The quantitative estimate of drug-likeness (QED) is 0.458. The van der Waals surface area contributed by atoms with Crippen molar-refractivity contribution in [2.75, 3.05) is 27.6 Å². The molecule has 0 unspecified atom stereocenters. The van der Waals surface area contributed by atoms with Gasteiger partial charge in [0.2, 0.25) is 5.79 Å². The molecule has 0 aromatic rings. The molecule has 0 saturated carbocycles. The van der Waals surface area contributed by atoms with Crippen molar-refractivity contribution in [3.8, 4) is 0 Å². The van der Waals surface area contributed by atoms with Gasteiger partial charge in [-0.1, -0.05) is 32.9 Å². The number of carbonyl (C=O) groups excluding carboxylic acids is 1. The molecule has 0 aliphatic carbocycles. The number of methoxy groups -OCH3 is 2. The van der Waals surface area contributed by atoms with Gasteiger partial charge in [-0.15, -0.1) is 0 Å². The van der Waals surface area contributed by atoms with Crippen LogP contribution in [0, 0.1) is 11.3 Å². The van der Waals surface area contributed by atoms with Crippen LogP contribution in [0.3, 0.4) is 0 Å². The van der Waals surface area contributed by atoms with Crippen LogP contribution >= 0.6 is 0 Å². The summed E-state index contributed by atoms with van der Waals surface area (Å²) < 4.78 is 35.0. The number of carbonyl (C=O) groups is 1. The van der Waals surface area contributed by atoms with Crippen molar-refractivity contribution in [2.24, 2.45) is 11.3 Å². The van der Waals surface area contributed by atoms with Crippen LogP contribution in [0.4, 0.5) is 0 Å². The van der Waals surface area contributed by atoms with Gasteiger partial charge in [0.1, 0.15) is 19.0 Å². The van der Waals surface area contributed by atoms with Gasteiger partial charge in [0.05, 0.1) is 18.3 Å². The van der Waals surface area contributed by atoms with E-state index in [1.54, 1.807) is 7.11 Å². The SMILES string of the molecule is C=C1C[C@](OC)([C@H](O)C(=O)N[C@H]2OCO[C@H]3[C@@H]2O[C@H](CCO)C(C)(C)[C@@H]3OC)O[C@H](C)[C@@H]1C. The molecule has 3 saturated heterocycles. The summed E-state index contributed by atoms with van der Waals surface area (Å²) in [6.45, 7) is 11.7. The largest absolute Gasteiger partial charge is 0.396 e. The Morgan fingerprint density at radius 3 is 2.55 bits per heavy atom. The maximum absolute atomic E-state index is 13.1. The van der Waals surface area contributed by atoms with Crippen molar-refractivity contribution in [1.29, 1.82) is 0 Å². The lowest BCUT2D eigenvalue weighted by Crippen LogP contribution is -2.69. The molecule has 3 aliphatic heterocycles. The number of fused-ring (bicyclic) bond motifs is 1. The molecule has 0 aromatic carbocycles. The van der Waals surface area contributed by atoms with Crippen molar-refractivity contribution < 1.29 is 43.4 Å². The van der Waals surface area contributed by atoms with Gasteiger partial charge < -0.3 is 44.0 Å². The summed E-state index contributed by atoms with van der Waals surface area (Å²) >= 11 is 0. The minimum absolute atomic E-state index is 0.0619. The molecule has 190 valence electrons. The summed E-state index contributed by atoms with van der Waals surface area (Å²) in [6, 6.07) is 0. The highest BCUT2D eigenvalue weighted by molar-refractivity contribution is 5.82. The second-order valence-corrected chi connectivity index (χ2v) is 9.79. The van der Waals surface area contributed by atoms with E-state index in [1.165, 1.54) is 7.11 Å². The van der Waals surface area contributed by atoms with Crippen molar-refractivity contribution in [1.82, 2.24) is 5.32 Å². The normalized spacial score (nSPS) is 41.8. The Kier molecular flexibility index (Phi) is 8.23. The zero-order valence-electron chi connectivity index (χ0n) is 20.4.